The Morgan fingerprint density at radius 1 is 1.09 bits per heavy atom. The third kappa shape index (κ3) is 4.46. The molecule has 5 rings (SSSR count). The lowest BCUT2D eigenvalue weighted by Crippen LogP contribution is -2.31. The largest absolute Gasteiger partial charge is 0.503 e. The molecule has 4 aromatic rings. The standard InChI is InChI=1S/C24H16BrN3O3S3/c25-16-9-4-8-15(12-16)19-18(20(29)17-10-5-11-32-17)21(30)22(31)28(19)23-26-27-24(34-23)33-13-14-6-2-1-3-7-14/h1-12,19,30H,13H2. The Hall–Kier alpha value is -2.79. The molecule has 34 heavy (non-hydrogen) atoms. The van der Waals surface area contributed by atoms with Crippen LogP contribution in [0.25, 0.3) is 0 Å². The van der Waals surface area contributed by atoms with E-state index in [1.807, 2.05) is 54.6 Å². The van der Waals surface area contributed by atoms with Crippen LogP contribution in [-0.2, 0) is 10.5 Å². The van der Waals surface area contributed by atoms with Crippen LogP contribution in [0.3, 0.4) is 0 Å². The van der Waals surface area contributed by atoms with E-state index < -0.39 is 17.7 Å². The Morgan fingerprint density at radius 3 is 2.65 bits per heavy atom. The summed E-state index contributed by atoms with van der Waals surface area (Å²) in [6, 6.07) is 20.0. The number of halogens is 1. The Morgan fingerprint density at radius 2 is 1.91 bits per heavy atom. The first-order chi connectivity index (χ1) is 16.5. The van der Waals surface area contributed by atoms with Gasteiger partial charge in [0.15, 0.2) is 10.1 Å². The highest BCUT2D eigenvalue weighted by atomic mass is 79.9. The van der Waals surface area contributed by atoms with Crippen molar-refractivity contribution < 1.29 is 14.7 Å². The van der Waals surface area contributed by atoms with Crippen molar-refractivity contribution in [3.05, 3.63) is 104 Å². The maximum atomic E-state index is 13.3. The minimum Gasteiger partial charge on any atom is -0.503 e. The van der Waals surface area contributed by atoms with Crippen LogP contribution in [0, 0.1) is 0 Å². The van der Waals surface area contributed by atoms with E-state index in [1.165, 1.54) is 39.3 Å². The molecule has 170 valence electrons. The van der Waals surface area contributed by atoms with Gasteiger partial charge in [0.1, 0.15) is 0 Å². The molecule has 0 saturated heterocycles. The van der Waals surface area contributed by atoms with Crippen LogP contribution in [0.15, 0.2) is 92.3 Å². The highest BCUT2D eigenvalue weighted by Gasteiger charge is 2.46. The monoisotopic (exact) mass is 569 g/mol. The summed E-state index contributed by atoms with van der Waals surface area (Å²) in [6.45, 7) is 0. The topological polar surface area (TPSA) is 83.4 Å². The molecule has 0 fully saturated rings. The summed E-state index contributed by atoms with van der Waals surface area (Å²) in [7, 11) is 0. The van der Waals surface area contributed by atoms with Crippen molar-refractivity contribution >= 4 is 67.2 Å². The van der Waals surface area contributed by atoms with E-state index in [0.29, 0.717) is 25.7 Å². The van der Waals surface area contributed by atoms with Gasteiger partial charge in [0.25, 0.3) is 5.91 Å². The van der Waals surface area contributed by atoms with Gasteiger partial charge in [0.2, 0.25) is 10.9 Å². The fraction of sp³-hybridized carbons (Fsp3) is 0.0833. The third-order valence-corrected chi connectivity index (χ3v) is 8.66. The fourth-order valence-corrected chi connectivity index (χ4v) is 6.56. The first-order valence-corrected chi connectivity index (χ1v) is 13.6. The van der Waals surface area contributed by atoms with E-state index in [0.717, 1.165) is 10.0 Å². The Bertz CT molecular complexity index is 1390. The molecule has 3 heterocycles. The van der Waals surface area contributed by atoms with Crippen molar-refractivity contribution in [1.29, 1.82) is 0 Å². The number of anilines is 1. The van der Waals surface area contributed by atoms with Crippen LogP contribution in [0.1, 0.15) is 26.8 Å². The minimum absolute atomic E-state index is 0.0410. The van der Waals surface area contributed by atoms with Gasteiger partial charge in [0, 0.05) is 10.2 Å². The first-order valence-electron chi connectivity index (χ1n) is 10.1. The van der Waals surface area contributed by atoms with Crippen molar-refractivity contribution in [3.8, 4) is 0 Å². The third-order valence-electron chi connectivity index (χ3n) is 5.17. The number of rotatable bonds is 7. The number of carbonyl (C=O) groups is 2. The van der Waals surface area contributed by atoms with Gasteiger partial charge >= 0.3 is 0 Å². The van der Waals surface area contributed by atoms with E-state index in [1.54, 1.807) is 17.5 Å². The van der Waals surface area contributed by atoms with Crippen molar-refractivity contribution in [2.45, 2.75) is 16.1 Å². The van der Waals surface area contributed by atoms with E-state index in [4.69, 9.17) is 0 Å². The molecule has 1 amide bonds. The van der Waals surface area contributed by atoms with E-state index in [9.17, 15) is 14.7 Å². The van der Waals surface area contributed by atoms with Crippen LogP contribution < -0.4 is 4.90 Å². The number of thiophene rings is 1. The quantitative estimate of drug-likeness (QED) is 0.157. The SMILES string of the molecule is O=C(C1=C(O)C(=O)N(c2nnc(SCc3ccccc3)s2)C1c1cccc(Br)c1)c1cccs1. The molecule has 1 atom stereocenters. The Kier molecular flexibility index (Phi) is 6.64. The molecule has 10 heteroatoms. The van der Waals surface area contributed by atoms with Gasteiger partial charge in [0.05, 0.1) is 16.5 Å². The van der Waals surface area contributed by atoms with Gasteiger partial charge in [-0.25, -0.2) is 0 Å². The van der Waals surface area contributed by atoms with E-state index in [2.05, 4.69) is 26.1 Å². The zero-order valence-corrected chi connectivity index (χ0v) is 21.5. The van der Waals surface area contributed by atoms with Gasteiger partial charge in [-0.15, -0.1) is 21.5 Å². The molecule has 0 bridgehead atoms. The summed E-state index contributed by atoms with van der Waals surface area (Å²) in [4.78, 5) is 28.4. The second-order valence-electron chi connectivity index (χ2n) is 7.33. The number of Topliss-reactive ketones (excluding diaryl/α,β-unsaturated/α-hetero) is 1. The van der Waals surface area contributed by atoms with Gasteiger partial charge in [-0.3, -0.25) is 14.5 Å². The van der Waals surface area contributed by atoms with Crippen molar-refractivity contribution in [1.82, 2.24) is 10.2 Å². The zero-order chi connectivity index (χ0) is 23.7. The molecule has 0 spiro atoms. The highest BCUT2D eigenvalue weighted by molar-refractivity contribution is 9.10. The lowest BCUT2D eigenvalue weighted by Gasteiger charge is -2.24. The minimum atomic E-state index is -0.820. The zero-order valence-electron chi connectivity index (χ0n) is 17.4. The summed E-state index contributed by atoms with van der Waals surface area (Å²) in [5, 5.41) is 21.4. The van der Waals surface area contributed by atoms with Crippen molar-refractivity contribution in [3.63, 3.8) is 0 Å². The maximum Gasteiger partial charge on any atom is 0.296 e. The molecule has 2 aromatic carbocycles. The molecule has 1 aliphatic heterocycles. The predicted octanol–water partition coefficient (Wildman–Crippen LogP) is 6.44. The number of hydrogen-bond acceptors (Lipinski definition) is 8. The molecular formula is C24H16BrN3O3S3. The second-order valence-corrected chi connectivity index (χ2v) is 11.4. The van der Waals surface area contributed by atoms with Crippen molar-refractivity contribution in [2.75, 3.05) is 4.90 Å². The number of ketones is 1. The van der Waals surface area contributed by atoms with E-state index >= 15 is 0 Å². The molecule has 0 aliphatic carbocycles. The Balaban J connectivity index is 1.51. The average molecular weight is 571 g/mol. The van der Waals surface area contributed by atoms with Gasteiger partial charge < -0.3 is 5.11 Å². The number of benzene rings is 2. The number of carbonyl (C=O) groups excluding carboxylic acids is 2. The number of amides is 1. The smallest absolute Gasteiger partial charge is 0.296 e. The summed E-state index contributed by atoms with van der Waals surface area (Å²) >= 11 is 7.50. The van der Waals surface area contributed by atoms with Crippen LogP contribution >= 0.6 is 50.4 Å². The number of nitrogens with zero attached hydrogens (tertiary/aromatic N) is 3. The summed E-state index contributed by atoms with van der Waals surface area (Å²) in [5.41, 5.74) is 1.87. The van der Waals surface area contributed by atoms with Crippen molar-refractivity contribution in [2.24, 2.45) is 0 Å². The normalized spacial score (nSPS) is 15.9. The summed E-state index contributed by atoms with van der Waals surface area (Å²) < 4.78 is 1.49. The van der Waals surface area contributed by atoms with Gasteiger partial charge in [-0.1, -0.05) is 87.6 Å². The van der Waals surface area contributed by atoms with Gasteiger partial charge in [-0.05, 0) is 34.7 Å². The number of hydrogen-bond donors (Lipinski definition) is 1. The highest BCUT2D eigenvalue weighted by Crippen LogP contribution is 2.44. The number of thioether (sulfide) groups is 1. The average Bonchev–Trinajstić information content (AvgIpc) is 3.59. The molecule has 0 radical (unpaired) electrons. The second kappa shape index (κ2) is 9.83. The number of aliphatic hydroxyl groups excluding tert-OH is 1. The van der Waals surface area contributed by atoms with E-state index in [-0.39, 0.29) is 11.4 Å². The molecule has 0 saturated carbocycles. The molecule has 6 nitrogen and oxygen atoms in total. The van der Waals surface area contributed by atoms with Crippen LogP contribution in [0.4, 0.5) is 5.13 Å². The van der Waals surface area contributed by atoms with Gasteiger partial charge in [-0.2, -0.15) is 0 Å². The lowest BCUT2D eigenvalue weighted by atomic mass is 9.96. The summed E-state index contributed by atoms with van der Waals surface area (Å²) in [6.07, 6.45) is 0. The molecule has 1 unspecified atom stereocenters. The van der Waals surface area contributed by atoms with Crippen LogP contribution in [-0.4, -0.2) is 27.0 Å². The number of aliphatic hydroxyl groups is 1. The molecule has 2 aromatic heterocycles. The molecular weight excluding hydrogens is 554 g/mol. The molecule has 1 aliphatic rings. The lowest BCUT2D eigenvalue weighted by molar-refractivity contribution is -0.117. The predicted molar refractivity (Wildman–Crippen MR) is 139 cm³/mol. The van der Waals surface area contributed by atoms with Crippen LogP contribution in [0.2, 0.25) is 0 Å². The summed E-state index contributed by atoms with van der Waals surface area (Å²) in [5.74, 6) is -0.890. The Labute approximate surface area is 216 Å². The maximum absolute atomic E-state index is 13.3. The number of aromatic nitrogens is 2. The van der Waals surface area contributed by atoms with Crippen LogP contribution in [0.5, 0.6) is 0 Å². The fourth-order valence-electron chi connectivity index (χ4n) is 3.64. The molecule has 1 N–H and O–H groups in total. The first kappa shape index (κ1) is 23.0.